The Kier molecular flexibility index (Phi) is 4.80. The van der Waals surface area contributed by atoms with Crippen LogP contribution in [0.1, 0.15) is 42.1 Å². The Hall–Kier alpha value is -2.53. The van der Waals surface area contributed by atoms with Crippen molar-refractivity contribution in [3.8, 4) is 0 Å². The first-order valence-electron chi connectivity index (χ1n) is 9.33. The number of aromatic amines is 1. The van der Waals surface area contributed by atoms with Crippen LogP contribution in [-0.2, 0) is 12.8 Å². The number of aromatic nitrogens is 4. The predicted octanol–water partition coefficient (Wildman–Crippen LogP) is 3.27. The molecule has 3 unspecified atom stereocenters. The van der Waals surface area contributed by atoms with Crippen LogP contribution in [0.4, 0.5) is 0 Å². The monoisotopic (exact) mass is 347 g/mol. The number of nitrogens with zero attached hydrogens (tertiary/aromatic N) is 3. The summed E-state index contributed by atoms with van der Waals surface area (Å²) in [6.07, 6.45) is 4.87. The van der Waals surface area contributed by atoms with Crippen LogP contribution in [0.15, 0.2) is 60.7 Å². The molecule has 1 fully saturated rings. The molecule has 1 aliphatic rings. The summed E-state index contributed by atoms with van der Waals surface area (Å²) >= 11 is 0. The lowest BCUT2D eigenvalue weighted by Crippen LogP contribution is -2.53. The molecule has 3 aromatic rings. The van der Waals surface area contributed by atoms with E-state index in [1.54, 1.807) is 0 Å². The summed E-state index contributed by atoms with van der Waals surface area (Å²) in [6.45, 7) is 0. The number of benzene rings is 2. The minimum Gasteiger partial charge on any atom is -0.325 e. The van der Waals surface area contributed by atoms with Crippen LogP contribution in [0, 0.1) is 5.92 Å². The van der Waals surface area contributed by atoms with E-state index in [0.717, 1.165) is 37.9 Å². The number of tetrazole rings is 1. The second kappa shape index (κ2) is 7.38. The molecule has 5 nitrogen and oxygen atoms in total. The zero-order chi connectivity index (χ0) is 17.8. The molecule has 134 valence electrons. The van der Waals surface area contributed by atoms with Gasteiger partial charge in [-0.1, -0.05) is 65.9 Å². The number of nitrogens with one attached hydrogen (secondary N) is 1. The van der Waals surface area contributed by atoms with E-state index in [1.807, 2.05) is 0 Å². The maximum atomic E-state index is 7.03. The number of hydrogen-bond donors (Lipinski definition) is 2. The van der Waals surface area contributed by atoms with Gasteiger partial charge in [-0.2, -0.15) is 5.21 Å². The van der Waals surface area contributed by atoms with Gasteiger partial charge in [-0.25, -0.2) is 0 Å². The molecule has 3 atom stereocenters. The molecular formula is C21H25N5. The predicted molar refractivity (Wildman–Crippen MR) is 101 cm³/mol. The average Bonchev–Trinajstić information content (AvgIpc) is 3.20. The lowest BCUT2D eigenvalue weighted by Gasteiger charge is -2.44. The highest BCUT2D eigenvalue weighted by atomic mass is 15.5. The summed E-state index contributed by atoms with van der Waals surface area (Å²) in [6, 6.07) is 21.3. The van der Waals surface area contributed by atoms with E-state index in [9.17, 15) is 0 Å². The van der Waals surface area contributed by atoms with E-state index in [2.05, 4.69) is 81.3 Å². The molecule has 0 bridgehead atoms. The Morgan fingerprint density at radius 2 is 1.69 bits per heavy atom. The van der Waals surface area contributed by atoms with Crippen molar-refractivity contribution in [2.45, 2.75) is 43.6 Å². The molecule has 0 aliphatic heterocycles. The minimum absolute atomic E-state index is 0.211. The molecule has 26 heavy (non-hydrogen) atoms. The molecule has 4 rings (SSSR count). The van der Waals surface area contributed by atoms with Gasteiger partial charge in [0, 0.05) is 11.5 Å². The van der Waals surface area contributed by atoms with Crippen molar-refractivity contribution in [1.82, 2.24) is 20.6 Å². The lowest BCUT2D eigenvalue weighted by molar-refractivity contribution is 0.166. The third-order valence-corrected chi connectivity index (χ3v) is 5.77. The fourth-order valence-electron chi connectivity index (χ4n) is 4.31. The Morgan fingerprint density at radius 1 is 1.00 bits per heavy atom. The van der Waals surface area contributed by atoms with E-state index in [-0.39, 0.29) is 5.54 Å². The van der Waals surface area contributed by atoms with Crippen molar-refractivity contribution in [3.63, 3.8) is 0 Å². The van der Waals surface area contributed by atoms with Crippen molar-refractivity contribution in [1.29, 1.82) is 0 Å². The average molecular weight is 347 g/mol. The molecule has 1 aromatic heterocycles. The van der Waals surface area contributed by atoms with Gasteiger partial charge in [-0.15, -0.1) is 10.2 Å². The van der Waals surface area contributed by atoms with Crippen LogP contribution in [0.2, 0.25) is 0 Å². The third-order valence-electron chi connectivity index (χ3n) is 5.77. The standard InChI is InChI=1S/C21H25N5/c22-21(15-17-9-5-2-6-10-17)12-11-18(20-23-25-26-24-20)14-19(21)13-16-7-3-1-4-8-16/h1-10,18-19H,11-15,22H2,(H,23,24,25,26). The quantitative estimate of drug-likeness (QED) is 0.742. The fourth-order valence-corrected chi connectivity index (χ4v) is 4.31. The maximum absolute atomic E-state index is 7.03. The highest BCUT2D eigenvalue weighted by Gasteiger charge is 2.41. The van der Waals surface area contributed by atoms with Gasteiger partial charge in [0.25, 0.3) is 0 Å². The first kappa shape index (κ1) is 16.9. The molecule has 3 N–H and O–H groups in total. The molecule has 0 radical (unpaired) electrons. The van der Waals surface area contributed by atoms with Gasteiger partial charge in [-0.05, 0) is 49.1 Å². The van der Waals surface area contributed by atoms with E-state index in [1.165, 1.54) is 11.1 Å². The van der Waals surface area contributed by atoms with Crippen LogP contribution >= 0.6 is 0 Å². The van der Waals surface area contributed by atoms with E-state index in [0.29, 0.717) is 11.8 Å². The van der Waals surface area contributed by atoms with Crippen LogP contribution in [0.3, 0.4) is 0 Å². The van der Waals surface area contributed by atoms with Crippen LogP contribution < -0.4 is 5.73 Å². The van der Waals surface area contributed by atoms with Gasteiger partial charge >= 0.3 is 0 Å². The summed E-state index contributed by atoms with van der Waals surface area (Å²) in [5.41, 5.74) is 9.48. The third kappa shape index (κ3) is 3.68. The van der Waals surface area contributed by atoms with Crippen LogP contribution in [0.5, 0.6) is 0 Å². The van der Waals surface area contributed by atoms with Crippen molar-refractivity contribution >= 4 is 0 Å². The van der Waals surface area contributed by atoms with Gasteiger partial charge in [0.1, 0.15) is 0 Å². The molecule has 5 heteroatoms. The summed E-state index contributed by atoms with van der Waals surface area (Å²) < 4.78 is 0. The number of rotatable bonds is 5. The Labute approximate surface area is 154 Å². The topological polar surface area (TPSA) is 80.5 Å². The van der Waals surface area contributed by atoms with Crippen molar-refractivity contribution in [2.24, 2.45) is 11.7 Å². The SMILES string of the molecule is NC1(Cc2ccccc2)CCC(c2nn[nH]n2)CC1Cc1ccccc1. The van der Waals surface area contributed by atoms with Crippen LogP contribution in [-0.4, -0.2) is 26.2 Å². The molecule has 0 amide bonds. The zero-order valence-electron chi connectivity index (χ0n) is 14.9. The Balaban J connectivity index is 1.59. The maximum Gasteiger partial charge on any atom is 0.177 e. The largest absolute Gasteiger partial charge is 0.325 e. The number of nitrogens with two attached hydrogens (primary N) is 1. The highest BCUT2D eigenvalue weighted by Crippen LogP contribution is 2.42. The Morgan fingerprint density at radius 3 is 2.35 bits per heavy atom. The highest BCUT2D eigenvalue weighted by molar-refractivity contribution is 5.22. The minimum atomic E-state index is -0.211. The summed E-state index contributed by atoms with van der Waals surface area (Å²) in [5.74, 6) is 1.53. The number of H-pyrrole nitrogens is 1. The smallest absolute Gasteiger partial charge is 0.177 e. The van der Waals surface area contributed by atoms with Crippen molar-refractivity contribution in [2.75, 3.05) is 0 Å². The van der Waals surface area contributed by atoms with Gasteiger partial charge in [0.05, 0.1) is 0 Å². The molecule has 0 spiro atoms. The molecule has 1 saturated carbocycles. The Bertz CT molecular complexity index is 803. The molecule has 0 saturated heterocycles. The summed E-state index contributed by atoms with van der Waals surface area (Å²) in [4.78, 5) is 0. The second-order valence-electron chi connectivity index (χ2n) is 7.52. The van der Waals surface area contributed by atoms with Crippen LogP contribution in [0.25, 0.3) is 0 Å². The van der Waals surface area contributed by atoms with Crippen molar-refractivity contribution < 1.29 is 0 Å². The van der Waals surface area contributed by atoms with Gasteiger partial charge in [0.2, 0.25) is 0 Å². The molecule has 1 aliphatic carbocycles. The lowest BCUT2D eigenvalue weighted by atomic mass is 9.65. The second-order valence-corrected chi connectivity index (χ2v) is 7.52. The number of hydrogen-bond acceptors (Lipinski definition) is 4. The first-order valence-corrected chi connectivity index (χ1v) is 9.33. The van der Waals surface area contributed by atoms with Crippen molar-refractivity contribution in [3.05, 3.63) is 77.6 Å². The van der Waals surface area contributed by atoms with Gasteiger partial charge in [0.15, 0.2) is 5.82 Å². The van der Waals surface area contributed by atoms with E-state index >= 15 is 0 Å². The summed E-state index contributed by atoms with van der Waals surface area (Å²) in [7, 11) is 0. The normalized spacial score (nSPS) is 25.9. The zero-order valence-corrected chi connectivity index (χ0v) is 14.9. The van der Waals surface area contributed by atoms with Gasteiger partial charge in [-0.3, -0.25) is 0 Å². The van der Waals surface area contributed by atoms with Gasteiger partial charge < -0.3 is 5.73 Å². The van der Waals surface area contributed by atoms with E-state index in [4.69, 9.17) is 5.73 Å². The fraction of sp³-hybridized carbons (Fsp3) is 0.381. The molecule has 1 heterocycles. The van der Waals surface area contributed by atoms with E-state index < -0.39 is 0 Å². The molecule has 2 aromatic carbocycles. The summed E-state index contributed by atoms with van der Waals surface area (Å²) in [5, 5.41) is 14.8. The molecular weight excluding hydrogens is 322 g/mol. The first-order chi connectivity index (χ1) is 12.7.